The number of thiophene rings is 1. The summed E-state index contributed by atoms with van der Waals surface area (Å²) in [7, 11) is -2.06. The highest BCUT2D eigenvalue weighted by atomic mass is 32.1. The van der Waals surface area contributed by atoms with Crippen LogP contribution in [0.2, 0.25) is 0 Å². The second-order valence-corrected chi connectivity index (χ2v) is 7.01. The molecule has 9 heteroatoms. The minimum atomic E-state index is -2.06. The van der Waals surface area contributed by atoms with Crippen molar-refractivity contribution in [3.05, 3.63) is 41.5 Å². The number of benzene rings is 1. The maximum Gasteiger partial charge on any atom is 0.221 e. The molecule has 0 spiro atoms. The van der Waals surface area contributed by atoms with E-state index in [0.717, 1.165) is 10.3 Å². The molecule has 3 rings (SSSR count). The van der Waals surface area contributed by atoms with Crippen LogP contribution in [0.25, 0.3) is 10.2 Å². The maximum absolute atomic E-state index is 11.2. The number of nitrogens with one attached hydrogen (secondary N) is 2. The third-order valence-electron chi connectivity index (χ3n) is 3.29. The molecule has 0 bridgehead atoms. The van der Waals surface area contributed by atoms with Crippen LogP contribution in [-0.4, -0.2) is 25.7 Å². The first-order chi connectivity index (χ1) is 11.5. The molecule has 0 fully saturated rings. The molecule has 0 aliphatic carbocycles. The monoisotopic (exact) mass is 362 g/mol. The number of nitrogens with zero attached hydrogens (tertiary/aromatic N) is 2. The summed E-state index contributed by atoms with van der Waals surface area (Å²) in [6, 6.07) is 7.05. The molecule has 0 aliphatic rings. The summed E-state index contributed by atoms with van der Waals surface area (Å²) in [6.07, 6.45) is 1.45. The lowest BCUT2D eigenvalue weighted by Gasteiger charge is -2.08. The fourth-order valence-corrected chi connectivity index (χ4v) is 3.52. The summed E-state index contributed by atoms with van der Waals surface area (Å²) in [4.78, 5) is 38.0. The van der Waals surface area contributed by atoms with Crippen LogP contribution in [0.15, 0.2) is 36.0 Å². The Labute approximate surface area is 143 Å². The molecule has 3 aromatic rings. The van der Waals surface area contributed by atoms with Crippen LogP contribution in [-0.2, 0) is 11.3 Å². The van der Waals surface area contributed by atoms with Gasteiger partial charge in [0.1, 0.15) is 17.7 Å². The lowest BCUT2D eigenvalue weighted by molar-refractivity contribution is -0.114. The van der Waals surface area contributed by atoms with Gasteiger partial charge in [-0.05, 0) is 17.7 Å². The fraction of sp³-hybridized carbons (Fsp3) is 0.133. The highest BCUT2D eigenvalue weighted by molar-refractivity contribution is 7.54. The van der Waals surface area contributed by atoms with Crippen molar-refractivity contribution in [3.8, 4) is 0 Å². The Balaban J connectivity index is 1.77. The van der Waals surface area contributed by atoms with Gasteiger partial charge in [0, 0.05) is 24.2 Å². The van der Waals surface area contributed by atoms with Crippen LogP contribution in [0.4, 0.5) is 11.5 Å². The molecule has 0 saturated carbocycles. The highest BCUT2D eigenvalue weighted by Crippen LogP contribution is 2.32. The van der Waals surface area contributed by atoms with E-state index in [9.17, 15) is 4.79 Å². The quantitative estimate of drug-likeness (QED) is 0.518. The summed E-state index contributed by atoms with van der Waals surface area (Å²) in [6.45, 7) is 1.99. The first-order valence-corrected chi connectivity index (χ1v) is 9.18. The summed E-state index contributed by atoms with van der Waals surface area (Å²) >= 11 is 1.46. The normalized spacial score (nSPS) is 11.0. The van der Waals surface area contributed by atoms with E-state index in [1.54, 1.807) is 12.1 Å². The Morgan fingerprint density at radius 3 is 2.67 bits per heavy atom. The van der Waals surface area contributed by atoms with Crippen molar-refractivity contribution in [3.63, 3.8) is 0 Å². The lowest BCUT2D eigenvalue weighted by atomic mass is 10.2. The minimum Gasteiger partial charge on any atom is -0.365 e. The second kappa shape index (κ2) is 7.19. The van der Waals surface area contributed by atoms with Gasteiger partial charge in [-0.3, -0.25) is 4.79 Å². The van der Waals surface area contributed by atoms with Crippen LogP contribution in [0, 0.1) is 0 Å². The molecular weight excluding hydrogens is 347 g/mol. The maximum atomic E-state index is 11.2. The second-order valence-electron chi connectivity index (χ2n) is 5.04. The molecule has 0 saturated heterocycles. The summed E-state index contributed by atoms with van der Waals surface area (Å²) in [5.74, 6) is 0.549. The molecule has 0 aliphatic heterocycles. The van der Waals surface area contributed by atoms with Gasteiger partial charge >= 0.3 is 0 Å². The standard InChI is InChI=1S/C15H15N4O3PS/c1-9(20)19-12-7-24-14-13(12)17-8-18-15(14)16-6-10-2-4-11(5-3-10)23(21)22/h2-5,7-8,21-22H,6H2,1H3,(H,19,20)(H,16,17,18). The molecule has 7 nitrogen and oxygen atoms in total. The van der Waals surface area contributed by atoms with Crippen LogP contribution < -0.4 is 15.9 Å². The number of amides is 1. The van der Waals surface area contributed by atoms with E-state index in [2.05, 4.69) is 20.6 Å². The molecule has 124 valence electrons. The molecule has 4 N–H and O–H groups in total. The van der Waals surface area contributed by atoms with E-state index in [1.165, 1.54) is 24.6 Å². The molecule has 2 heterocycles. The third-order valence-corrected chi connectivity index (χ3v) is 5.03. The SMILES string of the molecule is CC(=O)Nc1csc2c(NCc3ccc(P(O)O)cc3)ncnc12. The number of rotatable bonds is 5. The summed E-state index contributed by atoms with van der Waals surface area (Å²) < 4.78 is 0.868. The Hall–Kier alpha value is -2.12. The zero-order chi connectivity index (χ0) is 17.1. The predicted octanol–water partition coefficient (Wildman–Crippen LogP) is 2.18. The van der Waals surface area contributed by atoms with Crippen molar-refractivity contribution in [1.29, 1.82) is 0 Å². The van der Waals surface area contributed by atoms with Crippen molar-refractivity contribution in [2.45, 2.75) is 13.5 Å². The van der Waals surface area contributed by atoms with E-state index in [1.807, 2.05) is 17.5 Å². The summed E-state index contributed by atoms with van der Waals surface area (Å²) in [5, 5.41) is 8.35. The Bertz CT molecular complexity index is 867. The number of aromatic nitrogens is 2. The van der Waals surface area contributed by atoms with Gasteiger partial charge < -0.3 is 20.4 Å². The van der Waals surface area contributed by atoms with Gasteiger partial charge in [-0.15, -0.1) is 11.3 Å². The van der Waals surface area contributed by atoms with Gasteiger partial charge in [-0.1, -0.05) is 12.1 Å². The number of carbonyl (C=O) groups is 1. The van der Waals surface area contributed by atoms with Crippen LogP contribution >= 0.6 is 19.7 Å². The van der Waals surface area contributed by atoms with Crippen molar-refractivity contribution in [1.82, 2.24) is 9.97 Å². The van der Waals surface area contributed by atoms with Gasteiger partial charge in [-0.25, -0.2) is 9.97 Å². The van der Waals surface area contributed by atoms with Crippen molar-refractivity contribution in [2.75, 3.05) is 10.6 Å². The smallest absolute Gasteiger partial charge is 0.221 e. The van der Waals surface area contributed by atoms with Crippen molar-refractivity contribution in [2.24, 2.45) is 0 Å². The molecule has 0 atom stereocenters. The van der Waals surface area contributed by atoms with Gasteiger partial charge in [-0.2, -0.15) is 0 Å². The Morgan fingerprint density at radius 1 is 1.25 bits per heavy atom. The summed E-state index contributed by atoms with van der Waals surface area (Å²) in [5.41, 5.74) is 2.37. The predicted molar refractivity (Wildman–Crippen MR) is 96.5 cm³/mol. The van der Waals surface area contributed by atoms with E-state index in [0.29, 0.717) is 28.9 Å². The molecule has 24 heavy (non-hydrogen) atoms. The molecule has 1 amide bonds. The van der Waals surface area contributed by atoms with Gasteiger partial charge in [0.05, 0.1) is 10.4 Å². The van der Waals surface area contributed by atoms with Crippen LogP contribution in [0.1, 0.15) is 12.5 Å². The van der Waals surface area contributed by atoms with Gasteiger partial charge in [0.2, 0.25) is 5.91 Å². The van der Waals surface area contributed by atoms with E-state index < -0.39 is 8.38 Å². The van der Waals surface area contributed by atoms with E-state index in [-0.39, 0.29) is 5.91 Å². The third kappa shape index (κ3) is 3.68. The average Bonchev–Trinajstić information content (AvgIpc) is 2.96. The van der Waals surface area contributed by atoms with Crippen molar-refractivity contribution >= 4 is 52.6 Å². The van der Waals surface area contributed by atoms with Gasteiger partial charge in [0.25, 0.3) is 0 Å². The van der Waals surface area contributed by atoms with Gasteiger partial charge in [0.15, 0.2) is 8.38 Å². The first kappa shape index (κ1) is 16.7. The number of carbonyl (C=O) groups excluding carboxylic acids is 1. The van der Waals surface area contributed by atoms with Crippen LogP contribution in [0.5, 0.6) is 0 Å². The van der Waals surface area contributed by atoms with E-state index in [4.69, 9.17) is 9.79 Å². The van der Waals surface area contributed by atoms with Crippen molar-refractivity contribution < 1.29 is 14.6 Å². The number of anilines is 2. The zero-order valence-electron chi connectivity index (χ0n) is 12.7. The molecule has 0 radical (unpaired) electrons. The molecule has 2 aromatic heterocycles. The lowest BCUT2D eigenvalue weighted by Crippen LogP contribution is -2.06. The largest absolute Gasteiger partial charge is 0.365 e. The fourth-order valence-electron chi connectivity index (χ4n) is 2.19. The number of hydrogen-bond donors (Lipinski definition) is 4. The molecule has 1 aromatic carbocycles. The molecule has 0 unspecified atom stereocenters. The molecular formula is C15H15N4O3PS. The number of hydrogen-bond acceptors (Lipinski definition) is 7. The Kier molecular flexibility index (Phi) is 5.01. The zero-order valence-corrected chi connectivity index (χ0v) is 14.4. The Morgan fingerprint density at radius 2 is 2.00 bits per heavy atom. The number of fused-ring (bicyclic) bond motifs is 1. The average molecular weight is 362 g/mol. The van der Waals surface area contributed by atoms with Crippen LogP contribution in [0.3, 0.4) is 0 Å². The minimum absolute atomic E-state index is 0.143. The highest BCUT2D eigenvalue weighted by Gasteiger charge is 2.11. The first-order valence-electron chi connectivity index (χ1n) is 7.05. The topological polar surface area (TPSA) is 107 Å². The van der Waals surface area contributed by atoms with E-state index >= 15 is 0 Å².